The van der Waals surface area contributed by atoms with E-state index in [1.165, 1.54) is 4.90 Å². The minimum absolute atomic E-state index is 0.0356. The van der Waals surface area contributed by atoms with E-state index in [-0.39, 0.29) is 30.6 Å². The number of alkyl halides is 6. The van der Waals surface area contributed by atoms with E-state index >= 15 is 0 Å². The van der Waals surface area contributed by atoms with Crippen LogP contribution in [0, 0.1) is 0 Å². The highest BCUT2D eigenvalue weighted by Crippen LogP contribution is 2.37. The van der Waals surface area contributed by atoms with Gasteiger partial charge in [0.2, 0.25) is 5.91 Å². The van der Waals surface area contributed by atoms with Gasteiger partial charge in [-0.1, -0.05) is 30.3 Å². The van der Waals surface area contributed by atoms with E-state index in [4.69, 9.17) is 4.74 Å². The van der Waals surface area contributed by atoms with Gasteiger partial charge in [0.05, 0.1) is 11.1 Å². The summed E-state index contributed by atoms with van der Waals surface area (Å²) in [6.07, 6.45) is -9.34. The molecule has 286 valence electrons. The third-order valence-electron chi connectivity index (χ3n) is 9.98. The summed E-state index contributed by atoms with van der Waals surface area (Å²) in [6, 6.07) is 10.1. The van der Waals surface area contributed by atoms with Gasteiger partial charge in [-0.2, -0.15) is 26.3 Å². The normalized spacial score (nSPS) is 21.4. The lowest BCUT2D eigenvalue weighted by Crippen LogP contribution is -2.68. The highest BCUT2D eigenvalue weighted by Gasteiger charge is 2.44. The Morgan fingerprint density at radius 2 is 1.31 bits per heavy atom. The summed E-state index contributed by atoms with van der Waals surface area (Å²) in [6.45, 7) is 12.7. The van der Waals surface area contributed by atoms with Gasteiger partial charge in [-0.15, -0.1) is 0 Å². The van der Waals surface area contributed by atoms with Crippen LogP contribution in [0.15, 0.2) is 48.5 Å². The second-order valence-electron chi connectivity index (χ2n) is 15.5. The van der Waals surface area contributed by atoms with E-state index < -0.39 is 58.2 Å². The first-order chi connectivity index (χ1) is 24.1. The van der Waals surface area contributed by atoms with E-state index in [2.05, 4.69) is 15.1 Å². The van der Waals surface area contributed by atoms with Crippen molar-refractivity contribution in [2.24, 2.45) is 0 Å². The number of likely N-dealkylation sites (tertiary alicyclic amines) is 2. The molecule has 0 radical (unpaired) electrons. The number of amides is 3. The second kappa shape index (κ2) is 14.9. The molecule has 3 aliphatic heterocycles. The van der Waals surface area contributed by atoms with Gasteiger partial charge in [0, 0.05) is 69.5 Å². The summed E-state index contributed by atoms with van der Waals surface area (Å²) < 4.78 is 87.0. The lowest BCUT2D eigenvalue weighted by Gasteiger charge is -2.51. The van der Waals surface area contributed by atoms with Crippen LogP contribution in [0.4, 0.5) is 31.1 Å². The van der Waals surface area contributed by atoms with E-state index in [1.807, 2.05) is 30.3 Å². The zero-order valence-corrected chi connectivity index (χ0v) is 30.1. The Morgan fingerprint density at radius 1 is 0.769 bits per heavy atom. The van der Waals surface area contributed by atoms with Crippen LogP contribution in [0.1, 0.15) is 74.5 Å². The van der Waals surface area contributed by atoms with Crippen molar-refractivity contribution in [3.8, 4) is 0 Å². The number of rotatable bonds is 7. The zero-order valence-electron chi connectivity index (χ0n) is 30.1. The van der Waals surface area contributed by atoms with E-state index in [1.54, 1.807) is 39.5 Å². The molecule has 3 amide bonds. The molecule has 3 fully saturated rings. The molecule has 1 N–H and O–H groups in total. The minimum Gasteiger partial charge on any atom is -0.444 e. The molecule has 0 bridgehead atoms. The third-order valence-corrected chi connectivity index (χ3v) is 9.98. The molecule has 52 heavy (non-hydrogen) atoms. The van der Waals surface area contributed by atoms with Gasteiger partial charge in [-0.05, 0) is 77.6 Å². The van der Waals surface area contributed by atoms with Gasteiger partial charge in [0.1, 0.15) is 11.1 Å². The first-order valence-electron chi connectivity index (χ1n) is 17.5. The molecule has 0 aromatic heterocycles. The summed E-state index contributed by atoms with van der Waals surface area (Å²) in [5.74, 6) is -1.05. The van der Waals surface area contributed by atoms with Crippen LogP contribution in [0.25, 0.3) is 0 Å². The zero-order chi connectivity index (χ0) is 38.2. The topological polar surface area (TPSA) is 85.4 Å². The van der Waals surface area contributed by atoms with Gasteiger partial charge < -0.3 is 19.9 Å². The van der Waals surface area contributed by atoms with Gasteiger partial charge in [-0.3, -0.25) is 19.4 Å². The number of carbonyl (C=O) groups excluding carboxylic acids is 3. The van der Waals surface area contributed by atoms with Crippen LogP contribution in [0.2, 0.25) is 0 Å². The molecule has 3 saturated heterocycles. The molecular formula is C37H47F6N5O4. The number of nitrogens with one attached hydrogen (secondary N) is 1. The molecule has 0 aliphatic carbocycles. The maximum absolute atomic E-state index is 13.8. The maximum Gasteiger partial charge on any atom is 0.416 e. The van der Waals surface area contributed by atoms with E-state index in [9.17, 15) is 40.7 Å². The molecule has 2 aromatic carbocycles. The molecule has 15 heteroatoms. The SMILES string of the molecule is CC(C)(C)OC(=O)NC(C)(C)C(=O)N1CC(N2CCN([C@H]3CCN(C(=O)c4cc(C(F)(F)F)cc(C(F)(F)F)c4)[C@H](Cc4ccccc4)C3)CC2)C1. The van der Waals surface area contributed by atoms with E-state index in [0.29, 0.717) is 44.5 Å². The lowest BCUT2D eigenvalue weighted by atomic mass is 9.90. The number of halogens is 6. The molecule has 5 rings (SSSR count). The number of piperidine rings is 1. The first kappa shape index (κ1) is 39.4. The van der Waals surface area contributed by atoms with Crippen molar-refractivity contribution in [1.29, 1.82) is 0 Å². The van der Waals surface area contributed by atoms with Crippen molar-refractivity contribution >= 4 is 17.9 Å². The number of hydrogen-bond acceptors (Lipinski definition) is 6. The molecule has 0 unspecified atom stereocenters. The lowest BCUT2D eigenvalue weighted by molar-refractivity contribution is -0.145. The molecule has 9 nitrogen and oxygen atoms in total. The third kappa shape index (κ3) is 9.57. The molecule has 3 heterocycles. The predicted molar refractivity (Wildman–Crippen MR) is 181 cm³/mol. The van der Waals surface area contributed by atoms with Crippen molar-refractivity contribution in [2.45, 2.75) is 95.5 Å². The van der Waals surface area contributed by atoms with Crippen LogP contribution >= 0.6 is 0 Å². The van der Waals surface area contributed by atoms with Gasteiger partial charge in [-0.25, -0.2) is 4.79 Å². The average molecular weight is 740 g/mol. The van der Waals surface area contributed by atoms with Gasteiger partial charge in [0.25, 0.3) is 5.91 Å². The Morgan fingerprint density at radius 3 is 1.83 bits per heavy atom. The largest absolute Gasteiger partial charge is 0.444 e. The molecular weight excluding hydrogens is 692 g/mol. The fourth-order valence-electron chi connectivity index (χ4n) is 7.28. The summed E-state index contributed by atoms with van der Waals surface area (Å²) >= 11 is 0. The van der Waals surface area contributed by atoms with Crippen molar-refractivity contribution in [1.82, 2.24) is 24.9 Å². The summed E-state index contributed by atoms with van der Waals surface area (Å²) in [7, 11) is 0. The molecule has 0 saturated carbocycles. The number of piperazine rings is 1. The Hall–Kier alpha value is -3.85. The molecule has 0 spiro atoms. The van der Waals surface area contributed by atoms with Crippen LogP contribution in [-0.2, 0) is 28.3 Å². The van der Waals surface area contributed by atoms with Crippen molar-refractivity contribution in [2.75, 3.05) is 45.8 Å². The summed E-state index contributed by atoms with van der Waals surface area (Å²) in [5.41, 5.74) is -4.59. The fourth-order valence-corrected chi connectivity index (χ4v) is 7.28. The molecule has 2 atom stereocenters. The number of hydrogen-bond donors (Lipinski definition) is 1. The number of ether oxygens (including phenoxy) is 1. The standard InChI is InChI=1S/C37H47F6N5O4/c1-34(2,3)52-33(51)44-35(4,5)32(50)47-22-30(23-47)46-15-13-45(14-16-46)28-11-12-48(29(21-28)17-24-9-7-6-8-10-24)31(49)25-18-26(36(38,39)40)20-27(19-25)37(41,42)43/h6-10,18-20,28-30H,11-17,21-23H2,1-5H3,(H,44,51)/t28-,29+/m0/s1. The summed E-state index contributed by atoms with van der Waals surface area (Å²) in [4.78, 5) is 47.1. The summed E-state index contributed by atoms with van der Waals surface area (Å²) in [5, 5.41) is 2.67. The van der Waals surface area contributed by atoms with Crippen LogP contribution in [0.3, 0.4) is 0 Å². The Bertz CT molecular complexity index is 1560. The first-order valence-corrected chi connectivity index (χ1v) is 17.5. The molecule has 3 aliphatic rings. The Balaban J connectivity index is 1.21. The minimum atomic E-state index is -5.06. The number of nitrogens with zero attached hydrogens (tertiary/aromatic N) is 4. The van der Waals surface area contributed by atoms with Crippen LogP contribution < -0.4 is 5.32 Å². The average Bonchev–Trinajstić information content (AvgIpc) is 3.02. The van der Waals surface area contributed by atoms with Gasteiger partial charge in [0.15, 0.2) is 0 Å². The number of benzene rings is 2. The monoisotopic (exact) mass is 739 g/mol. The predicted octanol–water partition coefficient (Wildman–Crippen LogP) is 6.07. The Labute approximate surface area is 300 Å². The van der Waals surface area contributed by atoms with Crippen molar-refractivity contribution in [3.63, 3.8) is 0 Å². The highest BCUT2D eigenvalue weighted by atomic mass is 19.4. The van der Waals surface area contributed by atoms with Crippen molar-refractivity contribution < 1.29 is 45.5 Å². The second-order valence-corrected chi connectivity index (χ2v) is 15.5. The van der Waals surface area contributed by atoms with Gasteiger partial charge >= 0.3 is 18.4 Å². The maximum atomic E-state index is 13.8. The Kier molecular flexibility index (Phi) is 11.3. The fraction of sp³-hybridized carbons (Fsp3) is 0.595. The number of alkyl carbamates (subject to hydrolysis) is 1. The quantitative estimate of drug-likeness (QED) is 0.348. The molecule has 2 aromatic rings. The van der Waals surface area contributed by atoms with Crippen molar-refractivity contribution in [3.05, 3.63) is 70.8 Å². The van der Waals surface area contributed by atoms with Crippen LogP contribution in [0.5, 0.6) is 0 Å². The smallest absolute Gasteiger partial charge is 0.416 e. The van der Waals surface area contributed by atoms with Crippen LogP contribution in [-0.4, -0.2) is 113 Å². The van der Waals surface area contributed by atoms with E-state index in [0.717, 1.165) is 31.7 Å². The number of carbonyl (C=O) groups is 3. The highest BCUT2D eigenvalue weighted by molar-refractivity contribution is 5.95.